The molecule has 1 atom stereocenters. The molecule has 1 aliphatic heterocycles. The van der Waals surface area contributed by atoms with E-state index >= 15 is 0 Å². The van der Waals surface area contributed by atoms with Gasteiger partial charge in [0.25, 0.3) is 0 Å². The third kappa shape index (κ3) is 1.80. The lowest BCUT2D eigenvalue weighted by Crippen LogP contribution is -2.05. The van der Waals surface area contributed by atoms with Gasteiger partial charge in [-0.15, -0.1) is 0 Å². The smallest absolute Gasteiger partial charge is 0.151 e. The first-order valence-corrected chi connectivity index (χ1v) is 6.37. The van der Waals surface area contributed by atoms with Crippen LogP contribution in [0.15, 0.2) is 6.20 Å². The molecule has 2 heterocycles. The summed E-state index contributed by atoms with van der Waals surface area (Å²) in [6.45, 7) is 0.409. The van der Waals surface area contributed by atoms with Gasteiger partial charge >= 0.3 is 0 Å². The second kappa shape index (κ2) is 3.36. The van der Waals surface area contributed by atoms with Gasteiger partial charge < -0.3 is 10.7 Å². The molecule has 2 rings (SSSR count). The van der Waals surface area contributed by atoms with Gasteiger partial charge in [-0.25, -0.2) is 13.4 Å². The van der Waals surface area contributed by atoms with Crippen LogP contribution >= 0.6 is 0 Å². The molecule has 0 bridgehead atoms. The minimum absolute atomic E-state index is 0.0281. The van der Waals surface area contributed by atoms with E-state index in [9.17, 15) is 8.42 Å². The quantitative estimate of drug-likeness (QED) is 0.713. The van der Waals surface area contributed by atoms with Crippen LogP contribution in [0.3, 0.4) is 0 Å². The van der Waals surface area contributed by atoms with Crippen LogP contribution in [0.2, 0.25) is 0 Å². The zero-order chi connectivity index (χ0) is 10.2. The Labute approximate surface area is 82.6 Å². The van der Waals surface area contributed by atoms with Crippen LogP contribution in [0.5, 0.6) is 0 Å². The van der Waals surface area contributed by atoms with E-state index in [4.69, 9.17) is 5.73 Å². The number of hydrogen-bond donors (Lipinski definition) is 2. The Morgan fingerprint density at radius 3 is 2.93 bits per heavy atom. The number of nitrogens with zero attached hydrogens (tertiary/aromatic N) is 1. The predicted octanol–water partition coefficient (Wildman–Crippen LogP) is -0.230. The van der Waals surface area contributed by atoms with Crippen LogP contribution in [-0.2, 0) is 16.4 Å². The summed E-state index contributed by atoms with van der Waals surface area (Å²) in [6.07, 6.45) is 2.33. The number of imidazole rings is 1. The lowest BCUT2D eigenvalue weighted by atomic mass is 10.1. The van der Waals surface area contributed by atoms with Crippen molar-refractivity contribution in [3.05, 3.63) is 17.7 Å². The van der Waals surface area contributed by atoms with Gasteiger partial charge in [-0.2, -0.15) is 0 Å². The average Bonchev–Trinajstić information content (AvgIpc) is 2.70. The maximum absolute atomic E-state index is 11.2. The predicted molar refractivity (Wildman–Crippen MR) is 52.5 cm³/mol. The molecule has 3 N–H and O–H groups in total. The minimum atomic E-state index is -2.83. The highest BCUT2D eigenvalue weighted by atomic mass is 32.2. The van der Waals surface area contributed by atoms with Crippen molar-refractivity contribution in [2.75, 3.05) is 11.5 Å². The van der Waals surface area contributed by atoms with Crippen LogP contribution in [0.4, 0.5) is 0 Å². The van der Waals surface area contributed by atoms with Crippen molar-refractivity contribution in [3.8, 4) is 0 Å². The topological polar surface area (TPSA) is 88.8 Å². The molecule has 0 aromatic carbocycles. The highest BCUT2D eigenvalue weighted by Gasteiger charge is 2.30. The summed E-state index contributed by atoms with van der Waals surface area (Å²) < 4.78 is 22.4. The molecule has 1 aromatic rings. The van der Waals surface area contributed by atoms with Crippen molar-refractivity contribution < 1.29 is 8.42 Å². The molecular weight excluding hydrogens is 202 g/mol. The minimum Gasteiger partial charge on any atom is -0.345 e. The SMILES string of the molecule is NCc1cnc(C2CCS(=O)(=O)C2)[nH]1. The van der Waals surface area contributed by atoms with Gasteiger partial charge in [0, 0.05) is 24.4 Å². The number of nitrogens with one attached hydrogen (secondary N) is 1. The molecule has 1 aliphatic rings. The third-order valence-electron chi connectivity index (χ3n) is 2.49. The Morgan fingerprint density at radius 1 is 1.64 bits per heavy atom. The van der Waals surface area contributed by atoms with Crippen LogP contribution in [0.25, 0.3) is 0 Å². The van der Waals surface area contributed by atoms with Crippen LogP contribution < -0.4 is 5.73 Å². The molecular formula is C8H13N3O2S. The molecule has 0 radical (unpaired) electrons. The van der Waals surface area contributed by atoms with Crippen molar-refractivity contribution in [1.29, 1.82) is 0 Å². The standard InChI is InChI=1S/C8H13N3O2S/c9-3-7-4-10-8(11-7)6-1-2-14(12,13)5-6/h4,6H,1-3,5,9H2,(H,10,11). The van der Waals surface area contributed by atoms with Gasteiger partial charge in [0.2, 0.25) is 0 Å². The highest BCUT2D eigenvalue weighted by molar-refractivity contribution is 7.91. The fourth-order valence-electron chi connectivity index (χ4n) is 1.70. The number of nitrogens with two attached hydrogens (primary N) is 1. The molecule has 78 valence electrons. The number of aromatic amines is 1. The highest BCUT2D eigenvalue weighted by Crippen LogP contribution is 2.26. The van der Waals surface area contributed by atoms with Crippen molar-refractivity contribution in [1.82, 2.24) is 9.97 Å². The Kier molecular flexibility index (Phi) is 2.32. The van der Waals surface area contributed by atoms with Gasteiger partial charge in [-0.05, 0) is 6.42 Å². The molecule has 6 heteroatoms. The second-order valence-corrected chi connectivity index (χ2v) is 5.83. The summed E-state index contributed by atoms with van der Waals surface area (Å²) in [5.41, 5.74) is 6.28. The molecule has 1 aromatic heterocycles. The zero-order valence-corrected chi connectivity index (χ0v) is 8.55. The average molecular weight is 215 g/mol. The van der Waals surface area contributed by atoms with Gasteiger partial charge in [0.05, 0.1) is 11.5 Å². The van der Waals surface area contributed by atoms with Crippen LogP contribution in [0.1, 0.15) is 23.9 Å². The van der Waals surface area contributed by atoms with Crippen molar-refractivity contribution in [2.45, 2.75) is 18.9 Å². The second-order valence-electron chi connectivity index (χ2n) is 3.60. The summed E-state index contributed by atoms with van der Waals surface area (Å²) in [4.78, 5) is 7.18. The Balaban J connectivity index is 2.17. The molecule has 5 nitrogen and oxygen atoms in total. The number of aromatic nitrogens is 2. The molecule has 1 saturated heterocycles. The number of rotatable bonds is 2. The maximum atomic E-state index is 11.2. The molecule has 1 unspecified atom stereocenters. The van der Waals surface area contributed by atoms with E-state index in [2.05, 4.69) is 9.97 Å². The molecule has 0 spiro atoms. The summed E-state index contributed by atoms with van der Waals surface area (Å²) in [5, 5.41) is 0. The van der Waals surface area contributed by atoms with Crippen molar-refractivity contribution >= 4 is 9.84 Å². The van der Waals surface area contributed by atoms with Crippen molar-refractivity contribution in [2.24, 2.45) is 5.73 Å². The van der Waals surface area contributed by atoms with Gasteiger partial charge in [-0.3, -0.25) is 0 Å². The fraction of sp³-hybridized carbons (Fsp3) is 0.625. The zero-order valence-electron chi connectivity index (χ0n) is 7.73. The molecule has 0 saturated carbocycles. The van der Waals surface area contributed by atoms with E-state index in [-0.39, 0.29) is 17.4 Å². The van der Waals surface area contributed by atoms with Gasteiger partial charge in [0.1, 0.15) is 5.82 Å². The van der Waals surface area contributed by atoms with E-state index < -0.39 is 9.84 Å². The molecule has 14 heavy (non-hydrogen) atoms. The first kappa shape index (κ1) is 9.67. The maximum Gasteiger partial charge on any atom is 0.151 e. The van der Waals surface area contributed by atoms with E-state index in [1.807, 2.05) is 0 Å². The summed E-state index contributed by atoms with van der Waals surface area (Å²) in [7, 11) is -2.83. The summed E-state index contributed by atoms with van der Waals surface area (Å²) in [6, 6.07) is 0. The molecule has 1 fully saturated rings. The number of H-pyrrole nitrogens is 1. The van der Waals surface area contributed by atoms with Crippen LogP contribution in [-0.4, -0.2) is 29.9 Å². The van der Waals surface area contributed by atoms with E-state index in [1.165, 1.54) is 0 Å². The monoisotopic (exact) mass is 215 g/mol. The number of sulfone groups is 1. The van der Waals surface area contributed by atoms with Crippen molar-refractivity contribution in [3.63, 3.8) is 0 Å². The Hall–Kier alpha value is -0.880. The summed E-state index contributed by atoms with van der Waals surface area (Å²) in [5.74, 6) is 1.27. The van der Waals surface area contributed by atoms with E-state index in [1.54, 1.807) is 6.20 Å². The lowest BCUT2D eigenvalue weighted by molar-refractivity contribution is 0.601. The molecule has 0 amide bonds. The molecule has 0 aliphatic carbocycles. The normalized spacial score (nSPS) is 25.4. The lowest BCUT2D eigenvalue weighted by Gasteiger charge is -2.01. The largest absolute Gasteiger partial charge is 0.345 e. The third-order valence-corrected chi connectivity index (χ3v) is 4.26. The van der Waals surface area contributed by atoms with E-state index in [0.717, 1.165) is 11.5 Å². The Morgan fingerprint density at radius 2 is 2.43 bits per heavy atom. The Bertz CT molecular complexity index is 424. The first-order chi connectivity index (χ1) is 6.61. The van der Waals surface area contributed by atoms with Gasteiger partial charge in [0.15, 0.2) is 9.84 Å². The summed E-state index contributed by atoms with van der Waals surface area (Å²) >= 11 is 0. The van der Waals surface area contributed by atoms with Crippen LogP contribution in [0, 0.1) is 0 Å². The fourth-order valence-corrected chi connectivity index (χ4v) is 3.45. The van der Waals surface area contributed by atoms with Gasteiger partial charge in [-0.1, -0.05) is 0 Å². The van der Waals surface area contributed by atoms with E-state index in [0.29, 0.717) is 13.0 Å². The number of hydrogen-bond acceptors (Lipinski definition) is 4. The first-order valence-electron chi connectivity index (χ1n) is 4.55.